The number of rotatable bonds is 12. The summed E-state index contributed by atoms with van der Waals surface area (Å²) in [5, 5.41) is 0. The maximum atomic E-state index is 7.27. The zero-order valence-corrected chi connectivity index (χ0v) is 40.8. The van der Waals surface area contributed by atoms with Crippen molar-refractivity contribution >= 4 is 0 Å². The average Bonchev–Trinajstić information content (AvgIpc) is 3.75. The molecule has 8 rings (SSSR count). The van der Waals surface area contributed by atoms with Gasteiger partial charge in [0.25, 0.3) is 0 Å². The molecule has 6 saturated carbocycles. The summed E-state index contributed by atoms with van der Waals surface area (Å²) in [6.45, 7) is 30.4. The summed E-state index contributed by atoms with van der Waals surface area (Å²) < 4.78 is 7.27. The van der Waals surface area contributed by atoms with E-state index < -0.39 is 0 Å². The van der Waals surface area contributed by atoms with Crippen LogP contribution in [0, 0.1) is 105 Å². The van der Waals surface area contributed by atoms with E-state index in [1.807, 2.05) is 0 Å². The lowest BCUT2D eigenvalue weighted by Gasteiger charge is -2.59. The smallest absolute Gasteiger partial charge is 0.0616 e. The van der Waals surface area contributed by atoms with Crippen LogP contribution in [-0.4, -0.2) is 12.2 Å². The molecule has 0 saturated heterocycles. The first-order chi connectivity index (χ1) is 28.1. The molecular formula is C58H94O. The second kappa shape index (κ2) is 17.1. The first-order valence-electron chi connectivity index (χ1n) is 26.5. The van der Waals surface area contributed by atoms with E-state index in [9.17, 15) is 0 Å². The molecule has 18 atom stereocenters. The number of fused-ring (bicyclic) bond motifs is 10. The fraction of sp³-hybridized carbons (Fsp3) is 0.862. The Hall–Kier alpha value is -1.08. The molecule has 6 fully saturated rings. The monoisotopic (exact) mass is 807 g/mol. The minimum absolute atomic E-state index is 0.403. The molecule has 0 spiro atoms. The van der Waals surface area contributed by atoms with Gasteiger partial charge in [-0.3, -0.25) is 0 Å². The van der Waals surface area contributed by atoms with Gasteiger partial charge in [-0.25, -0.2) is 0 Å². The average molecular weight is 807 g/mol. The van der Waals surface area contributed by atoms with Crippen LogP contribution < -0.4 is 0 Å². The third-order valence-corrected chi connectivity index (χ3v) is 21.9. The zero-order chi connectivity index (χ0) is 42.1. The minimum Gasteiger partial charge on any atom is -0.374 e. The molecular weight excluding hydrogens is 713 g/mol. The molecule has 0 bridgehead atoms. The molecule has 0 radical (unpaired) electrons. The molecule has 59 heavy (non-hydrogen) atoms. The van der Waals surface area contributed by atoms with Crippen LogP contribution in [-0.2, 0) is 4.74 Å². The van der Waals surface area contributed by atoms with Crippen LogP contribution in [0.2, 0.25) is 0 Å². The van der Waals surface area contributed by atoms with E-state index in [2.05, 4.69) is 120 Å². The molecule has 6 unspecified atom stereocenters. The molecule has 0 aromatic heterocycles. The van der Waals surface area contributed by atoms with Crippen LogP contribution in [0.15, 0.2) is 47.6 Å². The maximum Gasteiger partial charge on any atom is 0.0616 e. The van der Waals surface area contributed by atoms with E-state index in [-0.39, 0.29) is 0 Å². The Labute approximate surface area is 366 Å². The van der Waals surface area contributed by atoms with Crippen molar-refractivity contribution in [2.24, 2.45) is 105 Å². The van der Waals surface area contributed by atoms with Gasteiger partial charge in [-0.2, -0.15) is 0 Å². The van der Waals surface area contributed by atoms with E-state index in [1.54, 1.807) is 11.1 Å². The third-order valence-electron chi connectivity index (χ3n) is 21.9. The Morgan fingerprint density at radius 2 is 0.932 bits per heavy atom. The highest BCUT2D eigenvalue weighted by Gasteiger charge is 2.61. The van der Waals surface area contributed by atoms with Gasteiger partial charge in [-0.15, -0.1) is 0 Å². The second-order valence-corrected chi connectivity index (χ2v) is 25.0. The molecule has 0 aromatic carbocycles. The lowest BCUT2D eigenvalue weighted by molar-refractivity contribution is -0.0916. The SMILES string of the molecule is CC[C@@H](/C=C/[C@@H](C)[C@H]1CCC2C3CC=C4C[C@@H](O[C@H]5CC[C@@]6(C)C(=CCC7C6CC[C@@]6(C)C7CC[C@@H]6[C@H](C)/C=C/[C@H](CC)C(C)C)C5)CC[C@]4(C)C3CC[C@@]21C)C(C)C. The Kier molecular flexibility index (Phi) is 12.9. The van der Waals surface area contributed by atoms with Crippen LogP contribution in [0.5, 0.6) is 0 Å². The van der Waals surface area contributed by atoms with Crippen molar-refractivity contribution in [3.63, 3.8) is 0 Å². The van der Waals surface area contributed by atoms with E-state index in [4.69, 9.17) is 4.74 Å². The Bertz CT molecular complexity index is 1470. The summed E-state index contributed by atoms with van der Waals surface area (Å²) in [6.07, 6.45) is 41.6. The second-order valence-electron chi connectivity index (χ2n) is 25.0. The Morgan fingerprint density at radius 1 is 0.525 bits per heavy atom. The maximum absolute atomic E-state index is 7.27. The highest BCUT2D eigenvalue weighted by Crippen LogP contribution is 2.69. The largest absolute Gasteiger partial charge is 0.374 e. The summed E-state index contributed by atoms with van der Waals surface area (Å²) in [6, 6.07) is 0. The fourth-order valence-electron chi connectivity index (χ4n) is 18.1. The Balaban J connectivity index is 0.880. The Morgan fingerprint density at radius 3 is 1.31 bits per heavy atom. The molecule has 0 N–H and O–H groups in total. The molecule has 8 aliphatic carbocycles. The standard InChI is InChI=1S/C58H94O/c1-13-41(37(3)4)17-15-39(7)49-23-25-51-47-21-19-43-35-45(27-31-55(43,9)53(47)29-33-57(49,51)11)59-46-28-32-56(10)44(36-46)20-22-48-52-26-24-50(58(52,12)34-30-54(48)56)40(8)16-18-42(14-2)38(5)6/h15-20,37-42,45-54H,13-14,21-36H2,1-12H3/b17-15+,18-16+/t39-,40-,41+,42+,45+,46+,47?,48?,49-,50-,51?,52?,53?,54?,55+,56+,57-,58-/m1/s1. The minimum atomic E-state index is 0.403. The first kappa shape index (κ1) is 44.5. The van der Waals surface area contributed by atoms with Gasteiger partial charge < -0.3 is 4.74 Å². The van der Waals surface area contributed by atoms with Crippen molar-refractivity contribution in [3.8, 4) is 0 Å². The topological polar surface area (TPSA) is 9.23 Å². The summed E-state index contributed by atoms with van der Waals surface area (Å²) in [5.41, 5.74) is 5.46. The normalized spacial score (nSPS) is 46.5. The lowest BCUT2D eigenvalue weighted by atomic mass is 9.47. The van der Waals surface area contributed by atoms with Crippen molar-refractivity contribution in [3.05, 3.63) is 47.6 Å². The van der Waals surface area contributed by atoms with E-state index in [1.165, 1.54) is 116 Å². The van der Waals surface area contributed by atoms with Crippen molar-refractivity contribution in [2.45, 2.75) is 211 Å². The van der Waals surface area contributed by atoms with Crippen LogP contribution in [0.3, 0.4) is 0 Å². The van der Waals surface area contributed by atoms with Gasteiger partial charge in [-0.1, -0.05) is 131 Å². The van der Waals surface area contributed by atoms with Gasteiger partial charge in [0.2, 0.25) is 0 Å². The van der Waals surface area contributed by atoms with Gasteiger partial charge in [0.1, 0.15) is 0 Å². The van der Waals surface area contributed by atoms with Crippen LogP contribution in [0.1, 0.15) is 199 Å². The van der Waals surface area contributed by atoms with Gasteiger partial charge in [-0.05, 0) is 220 Å². The van der Waals surface area contributed by atoms with Gasteiger partial charge in [0.15, 0.2) is 0 Å². The number of hydrogen-bond acceptors (Lipinski definition) is 1. The van der Waals surface area contributed by atoms with Crippen molar-refractivity contribution < 1.29 is 4.74 Å². The van der Waals surface area contributed by atoms with E-state index >= 15 is 0 Å². The highest BCUT2D eigenvalue weighted by atomic mass is 16.5. The molecule has 0 aromatic rings. The van der Waals surface area contributed by atoms with Crippen molar-refractivity contribution in [1.29, 1.82) is 0 Å². The van der Waals surface area contributed by atoms with E-state index in [0.29, 0.717) is 45.7 Å². The zero-order valence-electron chi connectivity index (χ0n) is 40.8. The third kappa shape index (κ3) is 7.74. The predicted octanol–water partition coefficient (Wildman–Crippen LogP) is 16.6. The van der Waals surface area contributed by atoms with Crippen LogP contribution in [0.4, 0.5) is 0 Å². The van der Waals surface area contributed by atoms with Crippen molar-refractivity contribution in [2.75, 3.05) is 0 Å². The molecule has 8 aliphatic rings. The summed E-state index contributed by atoms with van der Waals surface area (Å²) in [4.78, 5) is 0. The molecule has 1 heteroatoms. The van der Waals surface area contributed by atoms with Crippen LogP contribution >= 0.6 is 0 Å². The van der Waals surface area contributed by atoms with Gasteiger partial charge in [0.05, 0.1) is 12.2 Å². The summed E-state index contributed by atoms with van der Waals surface area (Å²) >= 11 is 0. The molecule has 332 valence electrons. The van der Waals surface area contributed by atoms with E-state index in [0.717, 1.165) is 71.0 Å². The quantitative estimate of drug-likeness (QED) is 0.179. The summed E-state index contributed by atoms with van der Waals surface area (Å²) in [7, 11) is 0. The van der Waals surface area contributed by atoms with Crippen molar-refractivity contribution in [1.82, 2.24) is 0 Å². The fourth-order valence-corrected chi connectivity index (χ4v) is 18.1. The molecule has 1 nitrogen and oxygen atoms in total. The first-order valence-corrected chi connectivity index (χ1v) is 26.5. The number of ether oxygens (including phenoxy) is 1. The summed E-state index contributed by atoms with van der Waals surface area (Å²) in [5.74, 6) is 11.5. The predicted molar refractivity (Wildman–Crippen MR) is 253 cm³/mol. The van der Waals surface area contributed by atoms with Gasteiger partial charge in [0, 0.05) is 0 Å². The number of hydrogen-bond donors (Lipinski definition) is 0. The van der Waals surface area contributed by atoms with Crippen LogP contribution in [0.25, 0.3) is 0 Å². The molecule has 0 amide bonds. The lowest BCUT2D eigenvalue weighted by Crippen LogP contribution is -2.52. The van der Waals surface area contributed by atoms with Gasteiger partial charge >= 0.3 is 0 Å². The highest BCUT2D eigenvalue weighted by molar-refractivity contribution is 5.28. The molecule has 0 aliphatic heterocycles. The molecule has 0 heterocycles. The number of allylic oxidation sites excluding steroid dienone is 6.